The average Bonchev–Trinajstić information content (AvgIpc) is 3.22. The fourth-order valence-corrected chi connectivity index (χ4v) is 2.98. The van der Waals surface area contributed by atoms with Gasteiger partial charge in [0.1, 0.15) is 0 Å². The van der Waals surface area contributed by atoms with Crippen molar-refractivity contribution < 1.29 is 19.2 Å². The van der Waals surface area contributed by atoms with Crippen LogP contribution in [0.5, 0.6) is 0 Å². The van der Waals surface area contributed by atoms with E-state index in [0.717, 1.165) is 37.8 Å². The summed E-state index contributed by atoms with van der Waals surface area (Å²) in [6, 6.07) is 1.35. The van der Waals surface area contributed by atoms with E-state index in [1.807, 2.05) is 0 Å². The van der Waals surface area contributed by atoms with Gasteiger partial charge in [0.25, 0.3) is 5.91 Å². The van der Waals surface area contributed by atoms with E-state index in [2.05, 4.69) is 10.5 Å². The van der Waals surface area contributed by atoms with E-state index < -0.39 is 11.9 Å². The maximum absolute atomic E-state index is 12.2. The number of hydrogen-bond acceptors (Lipinski definition) is 4. The van der Waals surface area contributed by atoms with Crippen molar-refractivity contribution in [2.45, 2.75) is 56.9 Å². The molecule has 2 fully saturated rings. The van der Waals surface area contributed by atoms with E-state index in [9.17, 15) is 14.7 Å². The highest BCUT2D eigenvalue weighted by Crippen LogP contribution is 2.39. The monoisotopic (exact) mass is 292 g/mol. The second-order valence-corrected chi connectivity index (χ2v) is 6.05. The van der Waals surface area contributed by atoms with Crippen molar-refractivity contribution in [1.82, 2.24) is 10.5 Å². The zero-order chi connectivity index (χ0) is 14.8. The van der Waals surface area contributed by atoms with Gasteiger partial charge in [-0.05, 0) is 25.7 Å². The van der Waals surface area contributed by atoms with Gasteiger partial charge in [-0.2, -0.15) is 0 Å². The molecule has 3 rings (SSSR count). The lowest BCUT2D eigenvalue weighted by molar-refractivity contribution is -0.142. The highest BCUT2D eigenvalue weighted by Gasteiger charge is 2.32. The first-order valence-electron chi connectivity index (χ1n) is 7.65. The number of hydrogen-bond donors (Lipinski definition) is 2. The largest absolute Gasteiger partial charge is 0.481 e. The quantitative estimate of drug-likeness (QED) is 0.831. The van der Waals surface area contributed by atoms with E-state index in [1.54, 1.807) is 6.07 Å². The molecule has 21 heavy (non-hydrogen) atoms. The van der Waals surface area contributed by atoms with E-state index in [1.165, 1.54) is 0 Å². The first kappa shape index (κ1) is 14.1. The lowest BCUT2D eigenvalue weighted by Crippen LogP contribution is -2.42. The molecule has 1 aromatic heterocycles. The Balaban J connectivity index is 1.67. The van der Waals surface area contributed by atoms with Gasteiger partial charge in [-0.1, -0.05) is 24.4 Å². The lowest BCUT2D eigenvalue weighted by Gasteiger charge is -2.22. The van der Waals surface area contributed by atoms with Crippen LogP contribution >= 0.6 is 0 Å². The van der Waals surface area contributed by atoms with Gasteiger partial charge < -0.3 is 14.9 Å². The van der Waals surface area contributed by atoms with Crippen LogP contribution < -0.4 is 5.32 Å². The van der Waals surface area contributed by atoms with Crippen LogP contribution in [0.25, 0.3) is 0 Å². The smallest absolute Gasteiger partial charge is 0.308 e. The number of carboxylic acid groups (broad SMARTS) is 1. The van der Waals surface area contributed by atoms with Crippen LogP contribution in [0.2, 0.25) is 0 Å². The summed E-state index contributed by atoms with van der Waals surface area (Å²) in [5.41, 5.74) is 0.829. The molecule has 2 N–H and O–H groups in total. The number of carbonyl (C=O) groups is 2. The van der Waals surface area contributed by atoms with Crippen molar-refractivity contribution in [2.75, 3.05) is 0 Å². The molecule has 0 aliphatic heterocycles. The molecule has 2 aliphatic carbocycles. The number of carbonyl (C=O) groups excluding carboxylic acids is 1. The summed E-state index contributed by atoms with van der Waals surface area (Å²) in [4.78, 5) is 23.6. The molecular formula is C15H20N2O4. The van der Waals surface area contributed by atoms with Gasteiger partial charge in [0.05, 0.1) is 11.6 Å². The maximum atomic E-state index is 12.2. The Labute approximate surface area is 122 Å². The summed E-state index contributed by atoms with van der Waals surface area (Å²) >= 11 is 0. The van der Waals surface area contributed by atoms with Crippen molar-refractivity contribution in [3.8, 4) is 0 Å². The van der Waals surface area contributed by atoms with E-state index in [-0.39, 0.29) is 17.7 Å². The Kier molecular flexibility index (Phi) is 3.94. The van der Waals surface area contributed by atoms with E-state index in [0.29, 0.717) is 18.8 Å². The summed E-state index contributed by atoms with van der Waals surface area (Å²) in [7, 11) is 0. The molecule has 1 aromatic rings. The van der Waals surface area contributed by atoms with Crippen molar-refractivity contribution >= 4 is 11.9 Å². The van der Waals surface area contributed by atoms with Gasteiger partial charge >= 0.3 is 5.97 Å². The van der Waals surface area contributed by atoms with E-state index >= 15 is 0 Å². The molecule has 0 spiro atoms. The Morgan fingerprint density at radius 2 is 1.95 bits per heavy atom. The summed E-state index contributed by atoms with van der Waals surface area (Å²) in [5, 5.41) is 16.1. The second kappa shape index (κ2) is 5.87. The van der Waals surface area contributed by atoms with Gasteiger partial charge in [-0.15, -0.1) is 0 Å². The van der Waals surface area contributed by atoms with Gasteiger partial charge in [-0.25, -0.2) is 0 Å². The van der Waals surface area contributed by atoms with Crippen molar-refractivity contribution in [3.05, 3.63) is 17.5 Å². The van der Waals surface area contributed by atoms with Crippen LogP contribution in [0.15, 0.2) is 10.6 Å². The normalized spacial score (nSPS) is 26.1. The summed E-state index contributed by atoms with van der Waals surface area (Å²) in [5.74, 6) is -1.08. The SMILES string of the molecule is O=C(N[C@H]1CCCCC[C@H]1C(=O)O)c1cc(C2CC2)no1. The van der Waals surface area contributed by atoms with Crippen LogP contribution in [0.3, 0.4) is 0 Å². The minimum atomic E-state index is -0.835. The standard InChI is InChI=1S/C15H20N2O4/c18-14(13-8-12(17-21-13)9-6-7-9)16-11-5-3-1-2-4-10(11)15(19)20/h8-11H,1-7H2,(H,16,18)(H,19,20)/t10-,11+/m1/s1. The molecule has 6 nitrogen and oxygen atoms in total. The minimum absolute atomic E-state index is 0.185. The number of rotatable bonds is 4. The molecule has 2 atom stereocenters. The highest BCUT2D eigenvalue weighted by molar-refractivity contribution is 5.92. The van der Waals surface area contributed by atoms with Crippen molar-refractivity contribution in [3.63, 3.8) is 0 Å². The molecule has 0 aromatic carbocycles. The molecule has 0 saturated heterocycles. The zero-order valence-corrected chi connectivity index (χ0v) is 11.9. The van der Waals surface area contributed by atoms with Crippen LogP contribution in [0, 0.1) is 5.92 Å². The molecular weight excluding hydrogens is 272 g/mol. The molecule has 1 heterocycles. The van der Waals surface area contributed by atoms with Gasteiger partial charge in [-0.3, -0.25) is 9.59 Å². The predicted molar refractivity (Wildman–Crippen MR) is 73.9 cm³/mol. The number of nitrogens with one attached hydrogen (secondary N) is 1. The van der Waals surface area contributed by atoms with Crippen molar-refractivity contribution in [2.24, 2.45) is 5.92 Å². The van der Waals surface area contributed by atoms with Gasteiger partial charge in [0.15, 0.2) is 0 Å². The number of aromatic nitrogens is 1. The zero-order valence-electron chi connectivity index (χ0n) is 11.9. The molecule has 0 bridgehead atoms. The Morgan fingerprint density at radius 3 is 2.67 bits per heavy atom. The maximum Gasteiger partial charge on any atom is 0.308 e. The average molecular weight is 292 g/mol. The topological polar surface area (TPSA) is 92.4 Å². The van der Waals surface area contributed by atoms with Gasteiger partial charge in [0.2, 0.25) is 5.76 Å². The third kappa shape index (κ3) is 3.25. The Bertz CT molecular complexity index is 536. The molecule has 6 heteroatoms. The molecule has 2 aliphatic rings. The minimum Gasteiger partial charge on any atom is -0.481 e. The van der Waals surface area contributed by atoms with Crippen LogP contribution in [-0.2, 0) is 4.79 Å². The highest BCUT2D eigenvalue weighted by atomic mass is 16.5. The predicted octanol–water partition coefficient (Wildman–Crippen LogP) is 2.32. The Hall–Kier alpha value is -1.85. The second-order valence-electron chi connectivity index (χ2n) is 6.05. The number of nitrogens with zero attached hydrogens (tertiary/aromatic N) is 1. The summed E-state index contributed by atoms with van der Waals surface area (Å²) in [6.07, 6.45) is 6.37. The molecule has 114 valence electrons. The van der Waals surface area contributed by atoms with Crippen LogP contribution in [0.4, 0.5) is 0 Å². The Morgan fingerprint density at radius 1 is 1.19 bits per heavy atom. The van der Waals surface area contributed by atoms with Crippen molar-refractivity contribution in [1.29, 1.82) is 0 Å². The first-order valence-corrected chi connectivity index (χ1v) is 7.65. The number of aliphatic carboxylic acids is 1. The fourth-order valence-electron chi connectivity index (χ4n) is 2.98. The molecule has 1 amide bonds. The third-order valence-corrected chi connectivity index (χ3v) is 4.40. The number of carboxylic acids is 1. The van der Waals surface area contributed by atoms with Gasteiger partial charge in [0, 0.05) is 18.0 Å². The third-order valence-electron chi connectivity index (χ3n) is 4.40. The fraction of sp³-hybridized carbons (Fsp3) is 0.667. The van der Waals surface area contributed by atoms with Crippen LogP contribution in [0.1, 0.15) is 67.1 Å². The lowest BCUT2D eigenvalue weighted by atomic mass is 9.95. The van der Waals surface area contributed by atoms with E-state index in [4.69, 9.17) is 4.52 Å². The molecule has 0 unspecified atom stereocenters. The number of amides is 1. The molecule has 2 saturated carbocycles. The van der Waals surface area contributed by atoms with Crippen LogP contribution in [-0.4, -0.2) is 28.2 Å². The first-order chi connectivity index (χ1) is 10.1. The summed E-state index contributed by atoms with van der Waals surface area (Å²) < 4.78 is 5.09. The molecule has 0 radical (unpaired) electrons. The summed E-state index contributed by atoms with van der Waals surface area (Å²) in [6.45, 7) is 0.